The topological polar surface area (TPSA) is 60.2 Å². The molecule has 0 aromatic rings. The van der Waals surface area contributed by atoms with E-state index in [2.05, 4.69) is 0 Å². The van der Waals surface area contributed by atoms with Crippen molar-refractivity contribution in [2.24, 2.45) is 34.8 Å². The quantitative estimate of drug-likeness (QED) is 0.688. The van der Waals surface area contributed by atoms with Gasteiger partial charge in [-0.05, 0) is 31.1 Å². The van der Waals surface area contributed by atoms with Crippen LogP contribution in [0, 0.1) is 29.1 Å². The van der Waals surface area contributed by atoms with Crippen molar-refractivity contribution in [1.82, 2.24) is 0 Å². The predicted octanol–water partition coefficient (Wildman–Crippen LogP) is 4.87. The molecule has 24 heavy (non-hydrogen) atoms. The van der Waals surface area contributed by atoms with Crippen LogP contribution in [0.4, 0.5) is 0 Å². The van der Waals surface area contributed by atoms with Crippen LogP contribution >= 0.6 is 0 Å². The lowest BCUT2D eigenvalue weighted by atomic mass is 9.71. The van der Waals surface area contributed by atoms with Gasteiger partial charge in [-0.1, -0.05) is 72.1 Å². The summed E-state index contributed by atoms with van der Waals surface area (Å²) in [7, 11) is 0. The first kappa shape index (κ1) is 19.5. The molecule has 0 spiro atoms. The third kappa shape index (κ3) is 5.32. The third-order valence-corrected chi connectivity index (χ3v) is 6.35. The summed E-state index contributed by atoms with van der Waals surface area (Å²) in [5, 5.41) is 0. The molecule has 2 rings (SSSR count). The largest absolute Gasteiger partial charge is 0.369 e. The Morgan fingerprint density at radius 2 is 1.42 bits per heavy atom. The lowest BCUT2D eigenvalue weighted by Gasteiger charge is -2.31. The van der Waals surface area contributed by atoms with Crippen LogP contribution in [-0.2, 0) is 9.59 Å². The van der Waals surface area contributed by atoms with E-state index in [4.69, 9.17) is 5.73 Å². The standard InChI is InChI=1S/C21H37NO2/c1-21(2,3)19(23)18(14-16-10-6-7-11-16)17(20(22)24)13-12-15-8-4-5-9-15/h15-18H,4-14H2,1-3H3,(H2,22,24)/t17-,18+/m0/s1. The molecule has 138 valence electrons. The molecule has 0 aromatic heterocycles. The molecule has 2 fully saturated rings. The van der Waals surface area contributed by atoms with Crippen LogP contribution in [0.15, 0.2) is 0 Å². The molecule has 2 N–H and O–H groups in total. The number of hydrogen-bond donors (Lipinski definition) is 1. The van der Waals surface area contributed by atoms with Crippen molar-refractivity contribution in [1.29, 1.82) is 0 Å². The van der Waals surface area contributed by atoms with Gasteiger partial charge in [0.1, 0.15) is 5.78 Å². The molecule has 2 aliphatic rings. The fraction of sp³-hybridized carbons (Fsp3) is 0.905. The highest BCUT2D eigenvalue weighted by atomic mass is 16.1. The smallest absolute Gasteiger partial charge is 0.221 e. The maximum absolute atomic E-state index is 13.1. The van der Waals surface area contributed by atoms with Gasteiger partial charge < -0.3 is 5.73 Å². The first-order valence-corrected chi connectivity index (χ1v) is 10.1. The van der Waals surface area contributed by atoms with Gasteiger partial charge in [0, 0.05) is 17.3 Å². The Hall–Kier alpha value is -0.860. The second kappa shape index (κ2) is 8.49. The monoisotopic (exact) mass is 335 g/mol. The molecule has 2 saturated carbocycles. The third-order valence-electron chi connectivity index (χ3n) is 6.35. The summed E-state index contributed by atoms with van der Waals surface area (Å²) in [5.41, 5.74) is 5.39. The van der Waals surface area contributed by atoms with Crippen molar-refractivity contribution < 1.29 is 9.59 Å². The van der Waals surface area contributed by atoms with Gasteiger partial charge in [0.05, 0.1) is 0 Å². The van der Waals surface area contributed by atoms with Gasteiger partial charge >= 0.3 is 0 Å². The highest BCUT2D eigenvalue weighted by molar-refractivity contribution is 5.91. The number of hydrogen-bond acceptors (Lipinski definition) is 2. The van der Waals surface area contributed by atoms with Crippen LogP contribution in [0.1, 0.15) is 91.4 Å². The Morgan fingerprint density at radius 3 is 1.88 bits per heavy atom. The van der Waals surface area contributed by atoms with E-state index in [0.29, 0.717) is 5.92 Å². The van der Waals surface area contributed by atoms with Gasteiger partial charge in [0.25, 0.3) is 0 Å². The molecule has 0 radical (unpaired) electrons. The van der Waals surface area contributed by atoms with Crippen LogP contribution in [0.5, 0.6) is 0 Å². The van der Waals surface area contributed by atoms with Crippen molar-refractivity contribution in [2.45, 2.75) is 91.4 Å². The molecule has 2 aliphatic carbocycles. The number of rotatable bonds is 8. The molecule has 0 bridgehead atoms. The maximum atomic E-state index is 13.1. The van der Waals surface area contributed by atoms with Gasteiger partial charge in [-0.2, -0.15) is 0 Å². The molecule has 0 aliphatic heterocycles. The number of primary amides is 1. The fourth-order valence-corrected chi connectivity index (χ4v) is 4.87. The van der Waals surface area contributed by atoms with E-state index in [9.17, 15) is 9.59 Å². The Bertz CT molecular complexity index is 426. The number of carbonyl (C=O) groups is 2. The number of Topliss-reactive ketones (excluding diaryl/α,β-unsaturated/α-hetero) is 1. The van der Waals surface area contributed by atoms with Crippen LogP contribution < -0.4 is 5.73 Å². The van der Waals surface area contributed by atoms with Gasteiger partial charge in [-0.15, -0.1) is 0 Å². The van der Waals surface area contributed by atoms with Crippen molar-refractivity contribution in [3.63, 3.8) is 0 Å². The first-order valence-electron chi connectivity index (χ1n) is 10.1. The van der Waals surface area contributed by atoms with Crippen molar-refractivity contribution >= 4 is 11.7 Å². The van der Waals surface area contributed by atoms with E-state index >= 15 is 0 Å². The van der Waals surface area contributed by atoms with Crippen LogP contribution in [0.2, 0.25) is 0 Å². The molecule has 3 nitrogen and oxygen atoms in total. The Morgan fingerprint density at radius 1 is 0.917 bits per heavy atom. The molecule has 0 heterocycles. The molecule has 3 heteroatoms. The molecule has 2 atom stereocenters. The summed E-state index contributed by atoms with van der Waals surface area (Å²) < 4.78 is 0. The van der Waals surface area contributed by atoms with Crippen molar-refractivity contribution in [3.8, 4) is 0 Å². The normalized spacial score (nSPS) is 22.6. The lowest BCUT2D eigenvalue weighted by Crippen LogP contribution is -2.40. The summed E-state index contributed by atoms with van der Waals surface area (Å²) in [6.45, 7) is 5.93. The summed E-state index contributed by atoms with van der Waals surface area (Å²) >= 11 is 0. The average Bonchev–Trinajstić information content (AvgIpc) is 3.17. The molecule has 0 unspecified atom stereocenters. The molecule has 0 saturated heterocycles. The van der Waals surface area contributed by atoms with Crippen molar-refractivity contribution in [3.05, 3.63) is 0 Å². The van der Waals surface area contributed by atoms with E-state index in [-0.39, 0.29) is 23.5 Å². The number of nitrogens with two attached hydrogens (primary N) is 1. The zero-order chi connectivity index (χ0) is 17.7. The maximum Gasteiger partial charge on any atom is 0.221 e. The SMILES string of the molecule is CC(C)(C)C(=O)[C@H](CC1CCCC1)[C@H](CCC1CCCC1)C(N)=O. The Balaban J connectivity index is 2.09. The number of ketones is 1. The Labute approximate surface area is 148 Å². The van der Waals surface area contributed by atoms with Crippen LogP contribution in [0.25, 0.3) is 0 Å². The van der Waals surface area contributed by atoms with Crippen LogP contribution in [0.3, 0.4) is 0 Å². The van der Waals surface area contributed by atoms with Gasteiger partial charge in [0.15, 0.2) is 0 Å². The van der Waals surface area contributed by atoms with Gasteiger partial charge in [0.2, 0.25) is 5.91 Å². The molecule has 0 aromatic carbocycles. The summed E-state index contributed by atoms with van der Waals surface area (Å²) in [6, 6.07) is 0. The highest BCUT2D eigenvalue weighted by Crippen LogP contribution is 2.39. The number of amides is 1. The van der Waals surface area contributed by atoms with E-state index in [1.807, 2.05) is 20.8 Å². The predicted molar refractivity (Wildman–Crippen MR) is 98.4 cm³/mol. The first-order chi connectivity index (χ1) is 11.3. The van der Waals surface area contributed by atoms with E-state index in [1.54, 1.807) is 0 Å². The molecular formula is C21H37NO2. The molecular weight excluding hydrogens is 298 g/mol. The van der Waals surface area contributed by atoms with Gasteiger partial charge in [-0.25, -0.2) is 0 Å². The lowest BCUT2D eigenvalue weighted by molar-refractivity contribution is -0.138. The second-order valence-electron chi connectivity index (χ2n) is 9.34. The minimum Gasteiger partial charge on any atom is -0.369 e. The zero-order valence-corrected chi connectivity index (χ0v) is 16.0. The molecule has 1 amide bonds. The minimum atomic E-state index is -0.398. The van der Waals surface area contributed by atoms with Crippen molar-refractivity contribution in [2.75, 3.05) is 0 Å². The number of carbonyl (C=O) groups excluding carboxylic acids is 2. The van der Waals surface area contributed by atoms with Gasteiger partial charge in [-0.3, -0.25) is 9.59 Å². The highest BCUT2D eigenvalue weighted by Gasteiger charge is 2.39. The minimum absolute atomic E-state index is 0.174. The fourth-order valence-electron chi connectivity index (χ4n) is 4.87. The zero-order valence-electron chi connectivity index (χ0n) is 16.0. The summed E-state index contributed by atoms with van der Waals surface area (Å²) in [5.74, 6) is 0.890. The van der Waals surface area contributed by atoms with Crippen LogP contribution in [-0.4, -0.2) is 11.7 Å². The second-order valence-corrected chi connectivity index (χ2v) is 9.34. The summed E-state index contributed by atoms with van der Waals surface area (Å²) in [6.07, 6.45) is 12.9. The van der Waals surface area contributed by atoms with E-state index < -0.39 is 5.41 Å². The summed E-state index contributed by atoms with van der Waals surface area (Å²) in [4.78, 5) is 25.3. The average molecular weight is 336 g/mol. The Kier molecular flexibility index (Phi) is 6.88. The van der Waals surface area contributed by atoms with E-state index in [1.165, 1.54) is 51.4 Å². The van der Waals surface area contributed by atoms with E-state index in [0.717, 1.165) is 25.2 Å².